The highest BCUT2D eigenvalue weighted by Gasteiger charge is 2.35. The molecule has 0 aliphatic rings. The second-order valence-corrected chi connectivity index (χ2v) is 6.58. The van der Waals surface area contributed by atoms with Gasteiger partial charge in [-0.05, 0) is 35.1 Å². The molecule has 0 aliphatic carbocycles. The van der Waals surface area contributed by atoms with E-state index in [2.05, 4.69) is 5.10 Å². The third-order valence-corrected chi connectivity index (χ3v) is 4.51. The van der Waals surface area contributed by atoms with Crippen LogP contribution in [0.15, 0.2) is 36.4 Å². The van der Waals surface area contributed by atoms with E-state index in [1.807, 2.05) is 0 Å². The van der Waals surface area contributed by atoms with E-state index < -0.39 is 11.9 Å². The molecule has 0 bridgehead atoms. The molecule has 3 aromatic rings. The van der Waals surface area contributed by atoms with E-state index in [-0.39, 0.29) is 16.4 Å². The zero-order chi connectivity index (χ0) is 16.8. The van der Waals surface area contributed by atoms with Crippen molar-refractivity contribution in [3.63, 3.8) is 0 Å². The average Bonchev–Trinajstić information content (AvgIpc) is 3.07. The summed E-state index contributed by atoms with van der Waals surface area (Å²) in [6, 6.07) is 8.71. The summed E-state index contributed by atoms with van der Waals surface area (Å²) in [5.41, 5.74) is -0.518. The van der Waals surface area contributed by atoms with Crippen molar-refractivity contribution in [1.29, 1.82) is 0 Å². The quantitative estimate of drug-likeness (QED) is 0.595. The number of nitrogens with zero attached hydrogens (tertiary/aromatic N) is 2. The Morgan fingerprint density at radius 1 is 1.09 bits per heavy atom. The van der Waals surface area contributed by atoms with E-state index in [9.17, 15) is 13.2 Å². The molecule has 0 fully saturated rings. The lowest BCUT2D eigenvalue weighted by Gasteiger charge is -2.09. The zero-order valence-electron chi connectivity index (χ0n) is 11.2. The van der Waals surface area contributed by atoms with Crippen molar-refractivity contribution in [2.24, 2.45) is 0 Å². The molecule has 0 saturated carbocycles. The second kappa shape index (κ2) is 5.89. The van der Waals surface area contributed by atoms with Crippen molar-refractivity contribution in [3.05, 3.63) is 52.1 Å². The predicted molar refractivity (Wildman–Crippen MR) is 87.3 cm³/mol. The van der Waals surface area contributed by atoms with Crippen LogP contribution in [0.4, 0.5) is 13.2 Å². The van der Waals surface area contributed by atoms with Gasteiger partial charge in [0.2, 0.25) is 0 Å². The standard InChI is InChI=1S/C14H6BCl2F3N2S/c15-13-4-3-11(23-13)10-6-12(14(18,19)20)21-22(10)9-5-7(16)1-2-8(9)17/h1-6H. The maximum absolute atomic E-state index is 13.0. The van der Waals surface area contributed by atoms with Crippen LogP contribution in [0.3, 0.4) is 0 Å². The number of hydrogen-bond donors (Lipinski definition) is 0. The molecule has 0 saturated heterocycles. The maximum atomic E-state index is 13.0. The molecule has 0 aliphatic heterocycles. The van der Waals surface area contributed by atoms with Crippen molar-refractivity contribution in [1.82, 2.24) is 9.78 Å². The fraction of sp³-hybridized carbons (Fsp3) is 0.0714. The van der Waals surface area contributed by atoms with Crippen LogP contribution in [0.2, 0.25) is 10.0 Å². The van der Waals surface area contributed by atoms with E-state index in [1.165, 1.54) is 12.1 Å². The molecule has 2 aromatic heterocycles. The van der Waals surface area contributed by atoms with Gasteiger partial charge in [-0.15, -0.1) is 0 Å². The van der Waals surface area contributed by atoms with E-state index in [1.54, 1.807) is 18.2 Å². The first kappa shape index (κ1) is 16.4. The largest absolute Gasteiger partial charge is 0.435 e. The second-order valence-electron chi connectivity index (χ2n) is 4.62. The van der Waals surface area contributed by atoms with Gasteiger partial charge in [0.15, 0.2) is 5.69 Å². The molecule has 0 N–H and O–H groups in total. The Labute approximate surface area is 144 Å². The number of hydrogen-bond acceptors (Lipinski definition) is 2. The Morgan fingerprint density at radius 3 is 2.43 bits per heavy atom. The molecule has 2 heterocycles. The first-order valence-corrected chi connectivity index (χ1v) is 7.81. The van der Waals surface area contributed by atoms with Crippen LogP contribution in [0.5, 0.6) is 0 Å². The molecule has 0 unspecified atom stereocenters. The lowest BCUT2D eigenvalue weighted by atomic mass is 10.1. The summed E-state index contributed by atoms with van der Waals surface area (Å²) in [5, 5.41) is 4.23. The SMILES string of the molecule is [B]c1ccc(-c2cc(C(F)(F)F)nn2-c2cc(Cl)ccc2Cl)s1. The maximum Gasteiger partial charge on any atom is 0.435 e. The van der Waals surface area contributed by atoms with Gasteiger partial charge in [-0.1, -0.05) is 29.3 Å². The van der Waals surface area contributed by atoms with Crippen molar-refractivity contribution >= 4 is 47.2 Å². The normalized spacial score (nSPS) is 11.9. The molecule has 23 heavy (non-hydrogen) atoms. The summed E-state index contributed by atoms with van der Waals surface area (Å²) in [6.45, 7) is 0. The molecule has 1 aromatic carbocycles. The molecular formula is C14H6BCl2F3N2S. The number of halogens is 5. The number of rotatable bonds is 2. The molecular weight excluding hydrogens is 367 g/mol. The van der Waals surface area contributed by atoms with Gasteiger partial charge < -0.3 is 0 Å². The topological polar surface area (TPSA) is 17.8 Å². The fourth-order valence-electron chi connectivity index (χ4n) is 2.02. The molecule has 2 radical (unpaired) electrons. The van der Waals surface area contributed by atoms with Gasteiger partial charge in [0.25, 0.3) is 0 Å². The van der Waals surface area contributed by atoms with Crippen molar-refractivity contribution in [3.8, 4) is 16.3 Å². The first-order chi connectivity index (χ1) is 10.8. The molecule has 2 nitrogen and oxygen atoms in total. The van der Waals surface area contributed by atoms with Gasteiger partial charge in [0.1, 0.15) is 7.85 Å². The van der Waals surface area contributed by atoms with Gasteiger partial charge in [0.05, 0.1) is 21.3 Å². The van der Waals surface area contributed by atoms with Crippen molar-refractivity contribution < 1.29 is 13.2 Å². The summed E-state index contributed by atoms with van der Waals surface area (Å²) in [7, 11) is 5.67. The van der Waals surface area contributed by atoms with Crippen LogP contribution in [0, 0.1) is 0 Å². The number of aromatic nitrogens is 2. The molecule has 0 spiro atoms. The number of alkyl halides is 3. The van der Waals surface area contributed by atoms with Crippen LogP contribution in [0.25, 0.3) is 16.3 Å². The summed E-state index contributed by atoms with van der Waals surface area (Å²) >= 11 is 13.2. The summed E-state index contributed by atoms with van der Waals surface area (Å²) < 4.78 is 40.7. The fourth-order valence-corrected chi connectivity index (χ4v) is 3.16. The van der Waals surface area contributed by atoms with Crippen LogP contribution in [-0.4, -0.2) is 17.6 Å². The third kappa shape index (κ3) is 3.27. The van der Waals surface area contributed by atoms with E-state index in [4.69, 9.17) is 31.0 Å². The molecule has 116 valence electrons. The molecule has 0 amide bonds. The molecule has 9 heteroatoms. The highest BCUT2D eigenvalue weighted by atomic mass is 35.5. The van der Waals surface area contributed by atoms with Crippen LogP contribution < -0.4 is 4.78 Å². The van der Waals surface area contributed by atoms with Crippen LogP contribution in [0.1, 0.15) is 5.69 Å². The highest BCUT2D eigenvalue weighted by Crippen LogP contribution is 2.36. The lowest BCUT2D eigenvalue weighted by molar-refractivity contribution is -0.141. The number of benzene rings is 1. The minimum atomic E-state index is -4.58. The van der Waals surface area contributed by atoms with Gasteiger partial charge in [-0.25, -0.2) is 4.68 Å². The minimum absolute atomic E-state index is 0.233. The van der Waals surface area contributed by atoms with E-state index >= 15 is 0 Å². The first-order valence-electron chi connectivity index (χ1n) is 6.24. The minimum Gasteiger partial charge on any atom is -0.230 e. The van der Waals surface area contributed by atoms with Crippen LogP contribution >= 0.6 is 34.5 Å². The van der Waals surface area contributed by atoms with E-state index in [0.717, 1.165) is 22.1 Å². The highest BCUT2D eigenvalue weighted by molar-refractivity contribution is 7.23. The van der Waals surface area contributed by atoms with Gasteiger partial charge in [0, 0.05) is 5.02 Å². The lowest BCUT2D eigenvalue weighted by Crippen LogP contribution is -2.07. The Bertz CT molecular complexity index is 873. The van der Waals surface area contributed by atoms with E-state index in [0.29, 0.717) is 14.7 Å². The Morgan fingerprint density at radius 2 is 1.83 bits per heavy atom. The van der Waals surface area contributed by atoms with Gasteiger partial charge in [-0.3, -0.25) is 0 Å². The van der Waals surface area contributed by atoms with Crippen molar-refractivity contribution in [2.45, 2.75) is 6.18 Å². The third-order valence-electron chi connectivity index (χ3n) is 3.02. The van der Waals surface area contributed by atoms with Gasteiger partial charge in [-0.2, -0.15) is 29.6 Å². The number of thiophene rings is 1. The Balaban J connectivity index is 2.26. The Hall–Kier alpha value is -1.44. The summed E-state index contributed by atoms with van der Waals surface area (Å²) in [5.74, 6) is 0. The average molecular weight is 373 g/mol. The van der Waals surface area contributed by atoms with Crippen molar-refractivity contribution in [2.75, 3.05) is 0 Å². The summed E-state index contributed by atoms with van der Waals surface area (Å²) in [4.78, 5) is 0.543. The summed E-state index contributed by atoms with van der Waals surface area (Å²) in [6.07, 6.45) is -4.58. The smallest absolute Gasteiger partial charge is 0.230 e. The monoisotopic (exact) mass is 372 g/mol. The predicted octanol–water partition coefficient (Wildman–Crippen LogP) is 4.72. The molecule has 3 rings (SSSR count). The molecule has 0 atom stereocenters. The zero-order valence-corrected chi connectivity index (χ0v) is 13.6. The Kier molecular flexibility index (Phi) is 4.20. The van der Waals surface area contributed by atoms with Gasteiger partial charge >= 0.3 is 6.18 Å². The van der Waals surface area contributed by atoms with Crippen LogP contribution in [-0.2, 0) is 6.18 Å².